The first kappa shape index (κ1) is 34.3. The molecule has 1 atom stereocenters. The van der Waals surface area contributed by atoms with Crippen molar-refractivity contribution in [3.05, 3.63) is 92.3 Å². The zero-order chi connectivity index (χ0) is 35.6. The molecule has 0 radical (unpaired) electrons. The van der Waals surface area contributed by atoms with Crippen molar-refractivity contribution in [1.29, 1.82) is 0 Å². The molecule has 4 aromatic rings. The second-order valence-corrected chi connectivity index (χ2v) is 12.7. The number of fused-ring (bicyclic) bond motifs is 5. The third-order valence-electron chi connectivity index (χ3n) is 9.58. The van der Waals surface area contributed by atoms with Crippen molar-refractivity contribution in [1.82, 2.24) is 20.2 Å². The van der Waals surface area contributed by atoms with E-state index in [0.717, 1.165) is 22.1 Å². The Bertz CT molecular complexity index is 2070. The van der Waals surface area contributed by atoms with Crippen LogP contribution < -0.4 is 16.2 Å². The summed E-state index contributed by atoms with van der Waals surface area (Å²) in [5.41, 5.74) is 3.57. The van der Waals surface area contributed by atoms with Gasteiger partial charge in [0.1, 0.15) is 12.4 Å². The normalized spacial score (nSPS) is 15.9. The number of cyclic esters (lactones) is 1. The number of benzene rings is 2. The summed E-state index contributed by atoms with van der Waals surface area (Å²) >= 11 is 0. The van der Waals surface area contributed by atoms with E-state index in [-0.39, 0.29) is 54.7 Å². The second kappa shape index (κ2) is 14.1. The molecule has 4 heterocycles. The molecule has 0 aliphatic carbocycles. The molecule has 12 nitrogen and oxygen atoms in total. The van der Waals surface area contributed by atoms with E-state index in [1.165, 1.54) is 6.92 Å². The number of unbranched alkanes of at least 4 members (excludes halogenated alkanes) is 2. The largest absolute Gasteiger partial charge is 0.508 e. The molecule has 2 amide bonds. The molecule has 2 aromatic carbocycles. The van der Waals surface area contributed by atoms with Crippen LogP contribution in [0.15, 0.2) is 53.3 Å². The molecular formula is C38H40N4O8. The maximum absolute atomic E-state index is 13.9. The molecule has 50 heavy (non-hydrogen) atoms. The van der Waals surface area contributed by atoms with Crippen LogP contribution in [0.1, 0.15) is 91.1 Å². The van der Waals surface area contributed by atoms with E-state index in [9.17, 15) is 29.1 Å². The lowest BCUT2D eigenvalue weighted by molar-refractivity contribution is -0.172. The SMILES string of the molecule is CCc1c2c(nc3ccc(O)cc13)-c1cc3c(c(=O)n1C2)COC(=O)[C@@]3(CC)OC(=O)NCCCCCC(=O)NCc1ccc(C(C)=O)cc1. The van der Waals surface area contributed by atoms with Crippen LogP contribution in [0.2, 0.25) is 0 Å². The molecule has 0 spiro atoms. The quantitative estimate of drug-likeness (QED) is 0.0917. The third-order valence-corrected chi connectivity index (χ3v) is 9.58. The first-order chi connectivity index (χ1) is 24.1. The van der Waals surface area contributed by atoms with Crippen molar-refractivity contribution < 1.29 is 33.8 Å². The summed E-state index contributed by atoms with van der Waals surface area (Å²) in [6, 6.07) is 13.8. The van der Waals surface area contributed by atoms with Gasteiger partial charge in [-0.2, -0.15) is 0 Å². The summed E-state index contributed by atoms with van der Waals surface area (Å²) in [7, 11) is 0. The topological polar surface area (TPSA) is 166 Å². The number of amides is 2. The van der Waals surface area contributed by atoms with Gasteiger partial charge in [0, 0.05) is 41.6 Å². The number of aromatic hydroxyl groups is 1. The molecule has 2 aromatic heterocycles. The van der Waals surface area contributed by atoms with Crippen LogP contribution in [-0.2, 0) is 50.8 Å². The van der Waals surface area contributed by atoms with Crippen LogP contribution in [-0.4, -0.2) is 45.0 Å². The fourth-order valence-corrected chi connectivity index (χ4v) is 6.83. The Labute approximate surface area is 288 Å². The molecule has 6 rings (SSSR count). The summed E-state index contributed by atoms with van der Waals surface area (Å²) in [6.45, 7) is 5.89. The van der Waals surface area contributed by atoms with Gasteiger partial charge in [0.15, 0.2) is 5.78 Å². The summed E-state index contributed by atoms with van der Waals surface area (Å²) in [5.74, 6) is -0.721. The van der Waals surface area contributed by atoms with E-state index in [4.69, 9.17) is 14.5 Å². The smallest absolute Gasteiger partial charge is 0.408 e. The van der Waals surface area contributed by atoms with Crippen molar-refractivity contribution in [2.75, 3.05) is 6.54 Å². The molecule has 12 heteroatoms. The van der Waals surface area contributed by atoms with Gasteiger partial charge in [0.2, 0.25) is 11.5 Å². The Morgan fingerprint density at radius 2 is 1.78 bits per heavy atom. The number of carbonyl (C=O) groups excluding carboxylic acids is 4. The standard InChI is InChI=1S/C38H40N4O8/c1-4-26-27-17-25(44)14-15-31(27)41-34-28(26)20-42-32(34)18-30-29(35(42)46)21-49-36(47)38(30,5-2)50-37(48)39-16-8-6-7-9-33(45)40-19-23-10-12-24(13-11-23)22(3)43/h10-15,17-18,44H,4-9,16,19-21H2,1-3H3,(H,39,48)(H,40,45)/t38-/m0/s1. The van der Waals surface area contributed by atoms with Crippen LogP contribution in [0.4, 0.5) is 4.79 Å². The number of nitrogens with zero attached hydrogens (tertiary/aromatic N) is 2. The summed E-state index contributed by atoms with van der Waals surface area (Å²) in [5, 5.41) is 16.5. The number of rotatable bonds is 12. The molecule has 0 bridgehead atoms. The maximum atomic E-state index is 13.9. The zero-order valence-corrected chi connectivity index (χ0v) is 28.4. The Morgan fingerprint density at radius 3 is 2.50 bits per heavy atom. The second-order valence-electron chi connectivity index (χ2n) is 12.7. The van der Waals surface area contributed by atoms with Crippen LogP contribution >= 0.6 is 0 Å². The van der Waals surface area contributed by atoms with Gasteiger partial charge >= 0.3 is 12.1 Å². The van der Waals surface area contributed by atoms with Gasteiger partial charge in [0.05, 0.1) is 29.0 Å². The van der Waals surface area contributed by atoms with Gasteiger partial charge in [-0.1, -0.05) is 44.5 Å². The molecule has 0 saturated carbocycles. The fraction of sp³-hybridized carbons (Fsp3) is 0.368. The Morgan fingerprint density at radius 1 is 1.00 bits per heavy atom. The number of pyridine rings is 2. The van der Waals surface area contributed by atoms with Crippen molar-refractivity contribution in [2.24, 2.45) is 0 Å². The molecule has 0 fully saturated rings. The van der Waals surface area contributed by atoms with Gasteiger partial charge in [-0.15, -0.1) is 0 Å². The van der Waals surface area contributed by atoms with E-state index in [1.54, 1.807) is 47.9 Å². The Balaban J connectivity index is 1.09. The van der Waals surface area contributed by atoms with Gasteiger partial charge in [0.25, 0.3) is 5.56 Å². The highest BCUT2D eigenvalue weighted by atomic mass is 16.6. The van der Waals surface area contributed by atoms with Gasteiger partial charge in [-0.3, -0.25) is 14.4 Å². The summed E-state index contributed by atoms with van der Waals surface area (Å²) in [6.07, 6.45) is 2.08. The van der Waals surface area contributed by atoms with E-state index in [2.05, 4.69) is 10.6 Å². The number of Topliss-reactive ketones (excluding diaryl/α,β-unsaturated/α-hetero) is 1. The first-order valence-electron chi connectivity index (χ1n) is 17.0. The highest BCUT2D eigenvalue weighted by Crippen LogP contribution is 2.42. The average molecular weight is 681 g/mol. The number of esters is 1. The molecule has 0 saturated heterocycles. The number of ketones is 1. The number of hydrogen-bond acceptors (Lipinski definition) is 9. The minimum Gasteiger partial charge on any atom is -0.508 e. The number of hydrogen-bond donors (Lipinski definition) is 3. The number of nitrogens with one attached hydrogen (secondary N) is 2. The maximum Gasteiger partial charge on any atom is 0.408 e. The number of alkyl carbamates (subject to hydrolysis) is 1. The summed E-state index contributed by atoms with van der Waals surface area (Å²) < 4.78 is 12.9. The van der Waals surface area contributed by atoms with E-state index >= 15 is 0 Å². The number of carbonyl (C=O) groups is 4. The predicted octanol–water partition coefficient (Wildman–Crippen LogP) is 5.16. The number of aromatic nitrogens is 2. The predicted molar refractivity (Wildman–Crippen MR) is 185 cm³/mol. The van der Waals surface area contributed by atoms with E-state index < -0.39 is 17.7 Å². The zero-order valence-electron chi connectivity index (χ0n) is 28.4. The number of phenolic OH excluding ortho intramolecular Hbond substituents is 1. The Hall–Kier alpha value is -5.52. The lowest BCUT2D eigenvalue weighted by atomic mass is 9.85. The highest BCUT2D eigenvalue weighted by Gasteiger charge is 2.50. The number of ether oxygens (including phenoxy) is 2. The minimum atomic E-state index is -1.82. The molecule has 2 aliphatic rings. The van der Waals surface area contributed by atoms with E-state index in [1.807, 2.05) is 19.1 Å². The van der Waals surface area contributed by atoms with Crippen molar-refractivity contribution >= 4 is 34.7 Å². The van der Waals surface area contributed by atoms with Gasteiger partial charge in [-0.25, -0.2) is 14.6 Å². The fourth-order valence-electron chi connectivity index (χ4n) is 6.83. The highest BCUT2D eigenvalue weighted by molar-refractivity contribution is 5.94. The molecule has 260 valence electrons. The van der Waals surface area contributed by atoms with Crippen LogP contribution in [0, 0.1) is 0 Å². The molecular weight excluding hydrogens is 640 g/mol. The van der Waals surface area contributed by atoms with Crippen LogP contribution in [0.25, 0.3) is 22.3 Å². The van der Waals surface area contributed by atoms with Crippen molar-refractivity contribution in [3.8, 4) is 17.1 Å². The Kier molecular flexibility index (Phi) is 9.72. The third kappa shape index (κ3) is 6.45. The minimum absolute atomic E-state index is 0.0114. The lowest BCUT2D eigenvalue weighted by Crippen LogP contribution is -2.49. The van der Waals surface area contributed by atoms with Crippen LogP contribution in [0.5, 0.6) is 5.75 Å². The van der Waals surface area contributed by atoms with E-state index in [0.29, 0.717) is 66.7 Å². The average Bonchev–Trinajstić information content (AvgIpc) is 3.47. The van der Waals surface area contributed by atoms with Crippen molar-refractivity contribution in [2.45, 2.75) is 84.6 Å². The molecule has 0 unspecified atom stereocenters. The lowest BCUT2D eigenvalue weighted by Gasteiger charge is -2.35. The van der Waals surface area contributed by atoms with Crippen LogP contribution in [0.3, 0.4) is 0 Å². The number of phenols is 1. The first-order valence-corrected chi connectivity index (χ1v) is 17.0. The summed E-state index contributed by atoms with van der Waals surface area (Å²) in [4.78, 5) is 68.9. The van der Waals surface area contributed by atoms with Crippen molar-refractivity contribution in [3.63, 3.8) is 0 Å². The number of aryl methyl sites for hydroxylation is 1. The molecule has 3 N–H and O–H groups in total. The molecule has 2 aliphatic heterocycles. The monoisotopic (exact) mass is 680 g/mol. The van der Waals surface area contributed by atoms with Gasteiger partial charge in [-0.05, 0) is 68.0 Å². The van der Waals surface area contributed by atoms with Gasteiger partial charge < -0.3 is 29.8 Å².